The molecule has 0 radical (unpaired) electrons. The maximum Gasteiger partial charge on any atom is 0.257 e. The molecule has 1 amide bonds. The van der Waals surface area contributed by atoms with Crippen molar-refractivity contribution in [1.29, 1.82) is 0 Å². The van der Waals surface area contributed by atoms with Crippen molar-refractivity contribution in [1.82, 2.24) is 19.8 Å². The summed E-state index contributed by atoms with van der Waals surface area (Å²) in [6, 6.07) is 4.99. The van der Waals surface area contributed by atoms with Gasteiger partial charge >= 0.3 is 0 Å². The Bertz CT molecular complexity index is 831. The molecule has 146 valence electrons. The van der Waals surface area contributed by atoms with Gasteiger partial charge in [-0.1, -0.05) is 6.07 Å². The summed E-state index contributed by atoms with van der Waals surface area (Å²) in [5.41, 5.74) is 1.16. The van der Waals surface area contributed by atoms with Gasteiger partial charge in [-0.15, -0.1) is 12.4 Å². The molecule has 4 rings (SSSR count). The highest BCUT2D eigenvalue weighted by Crippen LogP contribution is 2.56. The largest absolute Gasteiger partial charge is 0.337 e. The highest BCUT2D eigenvalue weighted by atomic mass is 35.5. The number of nitrogens with one attached hydrogen (secondary N) is 1. The van der Waals surface area contributed by atoms with E-state index in [2.05, 4.69) is 10.3 Å². The first kappa shape index (κ1) is 19.8. The van der Waals surface area contributed by atoms with Crippen molar-refractivity contribution in [3.05, 3.63) is 53.4 Å². The summed E-state index contributed by atoms with van der Waals surface area (Å²) in [6.45, 7) is 4.21. The zero-order chi connectivity index (χ0) is 18.3. The Kier molecular flexibility index (Phi) is 5.58. The first-order valence-electron chi connectivity index (χ1n) is 9.24. The van der Waals surface area contributed by atoms with Crippen LogP contribution in [0.4, 0.5) is 4.39 Å². The van der Waals surface area contributed by atoms with Gasteiger partial charge in [0.25, 0.3) is 5.91 Å². The van der Waals surface area contributed by atoms with Crippen molar-refractivity contribution in [2.75, 3.05) is 13.1 Å². The smallest absolute Gasteiger partial charge is 0.257 e. The van der Waals surface area contributed by atoms with Gasteiger partial charge in [0.15, 0.2) is 0 Å². The summed E-state index contributed by atoms with van der Waals surface area (Å²) < 4.78 is 16.4. The summed E-state index contributed by atoms with van der Waals surface area (Å²) >= 11 is 0. The van der Waals surface area contributed by atoms with Gasteiger partial charge in [-0.05, 0) is 62.4 Å². The summed E-state index contributed by atoms with van der Waals surface area (Å²) in [5, 5.41) is 3.39. The van der Waals surface area contributed by atoms with E-state index in [0.29, 0.717) is 6.54 Å². The predicted molar refractivity (Wildman–Crippen MR) is 104 cm³/mol. The highest BCUT2D eigenvalue weighted by Gasteiger charge is 2.58. The number of aromatic nitrogens is 2. The molecule has 2 aromatic rings. The van der Waals surface area contributed by atoms with E-state index < -0.39 is 5.82 Å². The number of nitrogens with zero attached hydrogens (tertiary/aromatic N) is 3. The van der Waals surface area contributed by atoms with E-state index in [1.165, 1.54) is 6.07 Å². The first-order valence-corrected chi connectivity index (χ1v) is 9.24. The lowest BCUT2D eigenvalue weighted by molar-refractivity contribution is 0.0680. The number of piperidine rings is 1. The molecule has 1 spiro atoms. The third-order valence-corrected chi connectivity index (χ3v) is 5.97. The predicted octanol–water partition coefficient (Wildman–Crippen LogP) is 3.07. The van der Waals surface area contributed by atoms with Crippen molar-refractivity contribution in [3.8, 4) is 0 Å². The third kappa shape index (κ3) is 3.73. The van der Waals surface area contributed by atoms with Gasteiger partial charge in [0, 0.05) is 25.5 Å². The minimum absolute atomic E-state index is 0. The third-order valence-electron chi connectivity index (χ3n) is 5.97. The Morgan fingerprint density at radius 1 is 1.41 bits per heavy atom. The molecule has 1 saturated heterocycles. The fraction of sp³-hybridized carbons (Fsp3) is 0.500. The molecule has 7 heteroatoms. The molecular weight excluding hydrogens is 367 g/mol. The number of carbonyl (C=O) groups excluding carboxylic acids is 1. The zero-order valence-electron chi connectivity index (χ0n) is 15.7. The Hall–Kier alpha value is -1.92. The van der Waals surface area contributed by atoms with Gasteiger partial charge in [-0.2, -0.15) is 0 Å². The molecule has 1 unspecified atom stereocenters. The molecular formula is C20H26ClFN4O. The number of benzene rings is 1. The number of hydrogen-bond acceptors (Lipinski definition) is 3. The van der Waals surface area contributed by atoms with Gasteiger partial charge < -0.3 is 14.8 Å². The SMILES string of the molecule is Cc1ccc(C(=O)N(Cc2nccn2C)C2CC23CCNCC3)c(F)c1.Cl. The van der Waals surface area contributed by atoms with E-state index >= 15 is 0 Å². The maximum atomic E-state index is 14.5. The second-order valence-corrected chi connectivity index (χ2v) is 7.70. The molecule has 2 fully saturated rings. The van der Waals surface area contributed by atoms with Crippen LogP contribution in [0, 0.1) is 18.2 Å². The zero-order valence-corrected chi connectivity index (χ0v) is 16.6. The summed E-state index contributed by atoms with van der Waals surface area (Å²) in [7, 11) is 1.92. The summed E-state index contributed by atoms with van der Waals surface area (Å²) in [6.07, 6.45) is 6.74. The number of halogens is 2. The first-order chi connectivity index (χ1) is 12.5. The highest BCUT2D eigenvalue weighted by molar-refractivity contribution is 5.95. The molecule has 5 nitrogen and oxygen atoms in total. The molecule has 2 aliphatic rings. The van der Waals surface area contributed by atoms with Gasteiger partial charge in [-0.25, -0.2) is 9.37 Å². The van der Waals surface area contributed by atoms with Crippen molar-refractivity contribution >= 4 is 18.3 Å². The van der Waals surface area contributed by atoms with Crippen LogP contribution in [-0.2, 0) is 13.6 Å². The van der Waals surface area contributed by atoms with Crippen LogP contribution in [-0.4, -0.2) is 39.5 Å². The quantitative estimate of drug-likeness (QED) is 0.869. The number of amides is 1. The van der Waals surface area contributed by atoms with Crippen molar-refractivity contribution in [2.45, 2.75) is 38.8 Å². The lowest BCUT2D eigenvalue weighted by Gasteiger charge is -2.29. The summed E-state index contributed by atoms with van der Waals surface area (Å²) in [5.74, 6) is 0.146. The molecule has 1 aromatic carbocycles. The van der Waals surface area contributed by atoms with E-state index in [1.54, 1.807) is 18.3 Å². The van der Waals surface area contributed by atoms with E-state index in [1.807, 2.05) is 29.6 Å². The molecule has 1 N–H and O–H groups in total. The fourth-order valence-corrected chi connectivity index (χ4v) is 4.20. The number of aryl methyl sites for hydroxylation is 2. The number of rotatable bonds is 4. The second-order valence-electron chi connectivity index (χ2n) is 7.70. The van der Waals surface area contributed by atoms with Crippen LogP contribution < -0.4 is 5.32 Å². The molecule has 1 aromatic heterocycles. The Morgan fingerprint density at radius 2 is 2.15 bits per heavy atom. The number of carbonyl (C=O) groups is 1. The molecule has 1 aliphatic heterocycles. The molecule has 1 saturated carbocycles. The molecule has 0 bridgehead atoms. The standard InChI is InChI=1S/C20H25FN4O.ClH/c1-14-3-4-15(16(21)11-14)19(26)25(13-18-23-9-10-24(18)2)17-12-20(17)5-7-22-8-6-20;/h3-4,9-11,17,22H,5-8,12-13H2,1-2H3;1H. The van der Waals surface area contributed by atoms with Gasteiger partial charge in [0.05, 0.1) is 12.1 Å². The lowest BCUT2D eigenvalue weighted by atomic mass is 9.93. The van der Waals surface area contributed by atoms with Crippen molar-refractivity contribution in [2.24, 2.45) is 12.5 Å². The van der Waals surface area contributed by atoms with Crippen LogP contribution in [0.2, 0.25) is 0 Å². The monoisotopic (exact) mass is 392 g/mol. The molecule has 27 heavy (non-hydrogen) atoms. The van der Waals surface area contributed by atoms with Gasteiger partial charge in [-0.3, -0.25) is 4.79 Å². The maximum absolute atomic E-state index is 14.5. The van der Waals surface area contributed by atoms with Crippen LogP contribution in [0.5, 0.6) is 0 Å². The lowest BCUT2D eigenvalue weighted by Crippen LogP contribution is -2.39. The number of hydrogen-bond donors (Lipinski definition) is 1. The van der Waals surface area contributed by atoms with Crippen molar-refractivity contribution in [3.63, 3.8) is 0 Å². The van der Waals surface area contributed by atoms with Crippen LogP contribution in [0.3, 0.4) is 0 Å². The topological polar surface area (TPSA) is 50.2 Å². The van der Waals surface area contributed by atoms with Crippen molar-refractivity contribution < 1.29 is 9.18 Å². The van der Waals surface area contributed by atoms with E-state index in [9.17, 15) is 9.18 Å². The molecule has 1 atom stereocenters. The van der Waals surface area contributed by atoms with E-state index in [0.717, 1.165) is 43.7 Å². The Balaban J connectivity index is 0.00000210. The minimum atomic E-state index is -0.445. The van der Waals surface area contributed by atoms with Crippen LogP contribution in [0.25, 0.3) is 0 Å². The fourth-order valence-electron chi connectivity index (χ4n) is 4.20. The average molecular weight is 393 g/mol. The van der Waals surface area contributed by atoms with Crippen LogP contribution >= 0.6 is 12.4 Å². The molecule has 2 heterocycles. The minimum Gasteiger partial charge on any atom is -0.337 e. The van der Waals surface area contributed by atoms with Crippen LogP contribution in [0.15, 0.2) is 30.6 Å². The number of imidazole rings is 1. The Labute approximate surface area is 165 Å². The van der Waals surface area contributed by atoms with E-state index in [-0.39, 0.29) is 35.3 Å². The van der Waals surface area contributed by atoms with Crippen LogP contribution in [0.1, 0.15) is 41.0 Å². The average Bonchev–Trinajstić information content (AvgIpc) is 3.13. The van der Waals surface area contributed by atoms with E-state index in [4.69, 9.17) is 0 Å². The van der Waals surface area contributed by atoms with Gasteiger partial charge in [0.2, 0.25) is 0 Å². The normalized spacial score (nSPS) is 20.2. The Morgan fingerprint density at radius 3 is 2.78 bits per heavy atom. The second kappa shape index (κ2) is 7.60. The molecule has 1 aliphatic carbocycles. The summed E-state index contributed by atoms with van der Waals surface area (Å²) in [4.78, 5) is 19.5. The van der Waals surface area contributed by atoms with Gasteiger partial charge in [0.1, 0.15) is 11.6 Å².